The molecule has 0 heterocycles. The third-order valence-corrected chi connectivity index (χ3v) is 3.47. The number of carbonyl (C=O) groups is 1. The lowest BCUT2D eigenvalue weighted by atomic mass is 10.1. The van der Waals surface area contributed by atoms with Crippen LogP contribution in [-0.4, -0.2) is 30.8 Å². The van der Waals surface area contributed by atoms with Crippen molar-refractivity contribution in [2.75, 3.05) is 14.2 Å². The van der Waals surface area contributed by atoms with Crippen molar-refractivity contribution in [2.45, 2.75) is 26.3 Å². The van der Waals surface area contributed by atoms with Gasteiger partial charge in [-0.15, -0.1) is 0 Å². The lowest BCUT2D eigenvalue weighted by molar-refractivity contribution is 0.0942. The SMILES string of the molecule is COc1cc(C(=O)NNC(=S)NC(C)(C)C)cc(OC)c1Br. The van der Waals surface area contributed by atoms with Crippen LogP contribution in [0.15, 0.2) is 16.6 Å². The van der Waals surface area contributed by atoms with E-state index in [1.807, 2.05) is 20.8 Å². The van der Waals surface area contributed by atoms with Crippen LogP contribution < -0.4 is 25.6 Å². The number of hydrogen-bond acceptors (Lipinski definition) is 4. The Kier molecular flexibility index (Phi) is 6.43. The Morgan fingerprint density at radius 1 is 1.14 bits per heavy atom. The summed E-state index contributed by atoms with van der Waals surface area (Å²) in [5.41, 5.74) is 5.36. The first-order valence-electron chi connectivity index (χ1n) is 6.48. The predicted molar refractivity (Wildman–Crippen MR) is 93.3 cm³/mol. The number of nitrogens with one attached hydrogen (secondary N) is 3. The number of ether oxygens (including phenoxy) is 2. The Morgan fingerprint density at radius 3 is 2.05 bits per heavy atom. The Hall–Kier alpha value is -1.54. The van der Waals surface area contributed by atoms with Crippen molar-refractivity contribution in [1.82, 2.24) is 16.2 Å². The minimum absolute atomic E-state index is 0.196. The first-order chi connectivity index (χ1) is 10.2. The molecule has 22 heavy (non-hydrogen) atoms. The number of rotatable bonds is 3. The predicted octanol–water partition coefficient (Wildman–Crippen LogP) is 2.37. The average Bonchev–Trinajstić information content (AvgIpc) is 2.43. The van der Waals surface area contributed by atoms with Crippen LogP contribution in [0.5, 0.6) is 11.5 Å². The topological polar surface area (TPSA) is 71.6 Å². The zero-order valence-corrected chi connectivity index (χ0v) is 15.6. The molecule has 0 aromatic heterocycles. The molecular formula is C14H20BrN3O3S. The molecule has 1 amide bonds. The zero-order valence-electron chi connectivity index (χ0n) is 13.2. The van der Waals surface area contributed by atoms with Gasteiger partial charge in [0.05, 0.1) is 14.2 Å². The summed E-state index contributed by atoms with van der Waals surface area (Å²) in [6.45, 7) is 5.90. The van der Waals surface area contributed by atoms with Crippen LogP contribution in [0.25, 0.3) is 0 Å². The van der Waals surface area contributed by atoms with Crippen molar-refractivity contribution >= 4 is 39.2 Å². The maximum atomic E-state index is 12.2. The van der Waals surface area contributed by atoms with Crippen LogP contribution in [0.3, 0.4) is 0 Å². The van der Waals surface area contributed by atoms with Gasteiger partial charge in [-0.2, -0.15) is 0 Å². The van der Waals surface area contributed by atoms with E-state index in [4.69, 9.17) is 21.7 Å². The van der Waals surface area contributed by atoms with Crippen molar-refractivity contribution in [3.63, 3.8) is 0 Å². The van der Waals surface area contributed by atoms with Gasteiger partial charge in [0.25, 0.3) is 5.91 Å². The summed E-state index contributed by atoms with van der Waals surface area (Å²) in [4.78, 5) is 12.2. The highest BCUT2D eigenvalue weighted by atomic mass is 79.9. The van der Waals surface area contributed by atoms with Crippen LogP contribution in [-0.2, 0) is 0 Å². The second-order valence-corrected chi connectivity index (χ2v) is 6.68. The van der Waals surface area contributed by atoms with Gasteiger partial charge >= 0.3 is 0 Å². The molecule has 0 saturated carbocycles. The van der Waals surface area contributed by atoms with Crippen molar-refractivity contribution in [3.05, 3.63) is 22.2 Å². The summed E-state index contributed by atoms with van der Waals surface area (Å²) in [7, 11) is 3.03. The minimum Gasteiger partial charge on any atom is -0.495 e. The summed E-state index contributed by atoms with van der Waals surface area (Å²) in [5, 5.41) is 3.36. The molecular weight excluding hydrogens is 370 g/mol. The molecule has 0 saturated heterocycles. The quantitative estimate of drug-likeness (QED) is 0.544. The van der Waals surface area contributed by atoms with E-state index in [0.717, 1.165) is 0 Å². The van der Waals surface area contributed by atoms with Gasteiger partial charge < -0.3 is 14.8 Å². The monoisotopic (exact) mass is 389 g/mol. The minimum atomic E-state index is -0.359. The average molecular weight is 390 g/mol. The fourth-order valence-electron chi connectivity index (χ4n) is 1.56. The van der Waals surface area contributed by atoms with Crippen LogP contribution in [0, 0.1) is 0 Å². The Bertz CT molecular complexity index is 548. The molecule has 0 unspecified atom stereocenters. The molecule has 0 aliphatic rings. The molecule has 8 heteroatoms. The molecule has 1 aromatic rings. The summed E-state index contributed by atoms with van der Waals surface area (Å²) >= 11 is 8.45. The number of halogens is 1. The maximum Gasteiger partial charge on any atom is 0.269 e. The number of benzene rings is 1. The van der Waals surface area contributed by atoms with E-state index < -0.39 is 0 Å². The second-order valence-electron chi connectivity index (χ2n) is 5.48. The van der Waals surface area contributed by atoms with Gasteiger partial charge in [-0.3, -0.25) is 15.6 Å². The third kappa shape index (κ3) is 5.34. The van der Waals surface area contributed by atoms with E-state index in [1.165, 1.54) is 14.2 Å². The summed E-state index contributed by atoms with van der Waals surface area (Å²) < 4.78 is 11.1. The summed E-state index contributed by atoms with van der Waals surface area (Å²) in [6.07, 6.45) is 0. The van der Waals surface area contributed by atoms with Gasteiger partial charge in [-0.1, -0.05) is 0 Å². The molecule has 0 aliphatic heterocycles. The summed E-state index contributed by atoms with van der Waals surface area (Å²) in [6, 6.07) is 3.20. The highest BCUT2D eigenvalue weighted by Gasteiger charge is 2.15. The highest BCUT2D eigenvalue weighted by molar-refractivity contribution is 9.10. The molecule has 3 N–H and O–H groups in total. The van der Waals surface area contributed by atoms with E-state index in [9.17, 15) is 4.79 Å². The molecule has 6 nitrogen and oxygen atoms in total. The van der Waals surface area contributed by atoms with E-state index >= 15 is 0 Å². The smallest absolute Gasteiger partial charge is 0.269 e. The van der Waals surface area contributed by atoms with E-state index in [1.54, 1.807) is 12.1 Å². The Labute approximate surface area is 144 Å². The Morgan fingerprint density at radius 2 is 1.64 bits per heavy atom. The van der Waals surface area contributed by atoms with Crippen molar-refractivity contribution < 1.29 is 14.3 Å². The number of carbonyl (C=O) groups excluding carboxylic acids is 1. The molecule has 1 aromatic carbocycles. The zero-order chi connectivity index (χ0) is 16.9. The van der Waals surface area contributed by atoms with E-state index in [-0.39, 0.29) is 11.4 Å². The largest absolute Gasteiger partial charge is 0.495 e. The highest BCUT2D eigenvalue weighted by Crippen LogP contribution is 2.35. The van der Waals surface area contributed by atoms with Gasteiger partial charge in [0.15, 0.2) is 5.11 Å². The molecule has 0 fully saturated rings. The first-order valence-corrected chi connectivity index (χ1v) is 7.68. The van der Waals surface area contributed by atoms with Crippen LogP contribution >= 0.6 is 28.1 Å². The van der Waals surface area contributed by atoms with Crippen LogP contribution in [0.2, 0.25) is 0 Å². The first kappa shape index (κ1) is 18.5. The molecule has 0 atom stereocenters. The normalized spacial score (nSPS) is 10.6. The molecule has 0 aliphatic carbocycles. The standard InChI is InChI=1S/C14H20BrN3O3S/c1-14(2,3)16-13(22)18-17-12(19)8-6-9(20-4)11(15)10(7-8)21-5/h6-7H,1-5H3,(H,17,19)(H2,16,18,22). The fraction of sp³-hybridized carbons (Fsp3) is 0.429. The van der Waals surface area contributed by atoms with Gasteiger partial charge in [-0.25, -0.2) is 0 Å². The number of methoxy groups -OCH3 is 2. The van der Waals surface area contributed by atoms with Crippen molar-refractivity contribution in [1.29, 1.82) is 0 Å². The molecule has 122 valence electrons. The number of thiocarbonyl (C=S) groups is 1. The van der Waals surface area contributed by atoms with E-state index in [2.05, 4.69) is 32.1 Å². The van der Waals surface area contributed by atoms with Gasteiger partial charge in [-0.05, 0) is 61.1 Å². The van der Waals surface area contributed by atoms with Gasteiger partial charge in [0, 0.05) is 11.1 Å². The fourth-order valence-corrected chi connectivity index (χ4v) is 2.47. The summed E-state index contributed by atoms with van der Waals surface area (Å²) in [5.74, 6) is 0.641. The number of hydrogen-bond donors (Lipinski definition) is 3. The second kappa shape index (κ2) is 7.64. The lowest BCUT2D eigenvalue weighted by Gasteiger charge is -2.23. The Balaban J connectivity index is 2.80. The number of amides is 1. The molecule has 0 radical (unpaired) electrons. The molecule has 0 bridgehead atoms. The van der Waals surface area contributed by atoms with Crippen molar-refractivity contribution in [3.8, 4) is 11.5 Å². The third-order valence-electron chi connectivity index (χ3n) is 2.49. The van der Waals surface area contributed by atoms with E-state index in [0.29, 0.717) is 26.6 Å². The lowest BCUT2D eigenvalue weighted by Crippen LogP contribution is -2.52. The maximum absolute atomic E-state index is 12.2. The molecule has 1 rings (SSSR count). The number of hydrazine groups is 1. The van der Waals surface area contributed by atoms with Crippen molar-refractivity contribution in [2.24, 2.45) is 0 Å². The van der Waals surface area contributed by atoms with Crippen LogP contribution in [0.4, 0.5) is 0 Å². The van der Waals surface area contributed by atoms with Crippen LogP contribution in [0.1, 0.15) is 31.1 Å². The molecule has 0 spiro atoms. The van der Waals surface area contributed by atoms with Gasteiger partial charge in [0.1, 0.15) is 16.0 Å². The van der Waals surface area contributed by atoms with Gasteiger partial charge in [0.2, 0.25) is 0 Å².